The van der Waals surface area contributed by atoms with Crippen molar-refractivity contribution in [2.24, 2.45) is 5.73 Å². The molecule has 2 N–H and O–H groups in total. The van der Waals surface area contributed by atoms with Gasteiger partial charge in [-0.3, -0.25) is 4.90 Å². The smallest absolute Gasteiger partial charge is 0.254 e. The summed E-state index contributed by atoms with van der Waals surface area (Å²) >= 11 is 0. The number of rotatable bonds is 4. The van der Waals surface area contributed by atoms with Gasteiger partial charge in [-0.05, 0) is 13.3 Å². The van der Waals surface area contributed by atoms with Crippen LogP contribution in [-0.2, 0) is 0 Å². The minimum atomic E-state index is 0.498. The standard InChI is InChI=1S/C14H23N7/c1-3-12(9-15)19-4-6-20(7-5-19)13-8-11(2)18-14-16-10-17-21(13)14/h8,10,12H,3-7,9,15H2,1-2H3. The fraction of sp³-hybridized carbons (Fsp3) is 0.643. The highest BCUT2D eigenvalue weighted by Crippen LogP contribution is 2.18. The fourth-order valence-corrected chi connectivity index (χ4v) is 3.03. The van der Waals surface area contributed by atoms with Gasteiger partial charge in [0.25, 0.3) is 5.78 Å². The molecule has 1 saturated heterocycles. The van der Waals surface area contributed by atoms with Gasteiger partial charge in [0.05, 0.1) is 0 Å². The molecule has 0 saturated carbocycles. The molecule has 2 aromatic rings. The summed E-state index contributed by atoms with van der Waals surface area (Å²) in [5.74, 6) is 1.75. The minimum absolute atomic E-state index is 0.498. The molecule has 0 radical (unpaired) electrons. The highest BCUT2D eigenvalue weighted by atomic mass is 15.4. The molecule has 3 heterocycles. The van der Waals surface area contributed by atoms with Crippen molar-refractivity contribution in [3.63, 3.8) is 0 Å². The van der Waals surface area contributed by atoms with Gasteiger partial charge in [0.15, 0.2) is 0 Å². The Morgan fingerprint density at radius 2 is 2.05 bits per heavy atom. The molecule has 7 nitrogen and oxygen atoms in total. The van der Waals surface area contributed by atoms with Crippen molar-refractivity contribution < 1.29 is 0 Å². The lowest BCUT2D eigenvalue weighted by molar-refractivity contribution is 0.184. The molecule has 1 aliphatic rings. The van der Waals surface area contributed by atoms with Gasteiger partial charge in [-0.15, -0.1) is 0 Å². The molecule has 0 spiro atoms. The molecule has 1 fully saturated rings. The van der Waals surface area contributed by atoms with Gasteiger partial charge in [-0.1, -0.05) is 6.92 Å². The van der Waals surface area contributed by atoms with Crippen LogP contribution < -0.4 is 10.6 Å². The van der Waals surface area contributed by atoms with Gasteiger partial charge >= 0.3 is 0 Å². The van der Waals surface area contributed by atoms with Gasteiger partial charge in [-0.25, -0.2) is 4.98 Å². The Morgan fingerprint density at radius 1 is 1.29 bits per heavy atom. The van der Waals surface area contributed by atoms with Crippen LogP contribution in [0.3, 0.4) is 0 Å². The second-order valence-electron chi connectivity index (χ2n) is 5.55. The van der Waals surface area contributed by atoms with E-state index in [2.05, 4.69) is 37.9 Å². The van der Waals surface area contributed by atoms with Crippen LogP contribution in [-0.4, -0.2) is 63.2 Å². The molecule has 21 heavy (non-hydrogen) atoms. The Kier molecular flexibility index (Phi) is 4.03. The van der Waals surface area contributed by atoms with Crippen LogP contribution in [0.25, 0.3) is 5.78 Å². The van der Waals surface area contributed by atoms with Crippen LogP contribution in [0.15, 0.2) is 12.4 Å². The summed E-state index contributed by atoms with van der Waals surface area (Å²) in [5.41, 5.74) is 6.83. The van der Waals surface area contributed by atoms with E-state index in [4.69, 9.17) is 5.73 Å². The number of aromatic nitrogens is 4. The summed E-state index contributed by atoms with van der Waals surface area (Å²) in [6.45, 7) is 8.97. The van der Waals surface area contributed by atoms with Crippen molar-refractivity contribution in [2.75, 3.05) is 37.6 Å². The Bertz CT molecular complexity index is 596. The van der Waals surface area contributed by atoms with E-state index in [-0.39, 0.29) is 0 Å². The Labute approximate surface area is 124 Å². The monoisotopic (exact) mass is 289 g/mol. The molecule has 1 atom stereocenters. The second kappa shape index (κ2) is 5.95. The van der Waals surface area contributed by atoms with E-state index in [1.54, 1.807) is 6.33 Å². The minimum Gasteiger partial charge on any atom is -0.354 e. The highest BCUT2D eigenvalue weighted by molar-refractivity contribution is 5.47. The van der Waals surface area contributed by atoms with Crippen molar-refractivity contribution in [3.8, 4) is 0 Å². The number of hydrogen-bond donors (Lipinski definition) is 1. The Morgan fingerprint density at radius 3 is 2.71 bits per heavy atom. The molecule has 114 valence electrons. The summed E-state index contributed by atoms with van der Waals surface area (Å²) < 4.78 is 1.82. The number of nitrogens with zero attached hydrogens (tertiary/aromatic N) is 6. The van der Waals surface area contributed by atoms with E-state index < -0.39 is 0 Å². The quantitative estimate of drug-likeness (QED) is 0.872. The van der Waals surface area contributed by atoms with Crippen LogP contribution in [0, 0.1) is 6.92 Å². The third kappa shape index (κ3) is 2.71. The fourth-order valence-electron chi connectivity index (χ4n) is 3.03. The first-order valence-electron chi connectivity index (χ1n) is 7.59. The van der Waals surface area contributed by atoms with Gasteiger partial charge in [0.2, 0.25) is 0 Å². The van der Waals surface area contributed by atoms with Gasteiger partial charge in [0.1, 0.15) is 12.1 Å². The van der Waals surface area contributed by atoms with E-state index in [0.29, 0.717) is 11.8 Å². The van der Waals surface area contributed by atoms with Crippen LogP contribution in [0.4, 0.5) is 5.82 Å². The molecule has 0 amide bonds. The normalized spacial score (nSPS) is 18.3. The van der Waals surface area contributed by atoms with Crippen molar-refractivity contribution in [1.82, 2.24) is 24.5 Å². The molecule has 1 unspecified atom stereocenters. The van der Waals surface area contributed by atoms with Crippen molar-refractivity contribution in [3.05, 3.63) is 18.1 Å². The highest BCUT2D eigenvalue weighted by Gasteiger charge is 2.23. The zero-order valence-corrected chi connectivity index (χ0v) is 12.7. The maximum absolute atomic E-state index is 5.85. The summed E-state index contributed by atoms with van der Waals surface area (Å²) in [4.78, 5) is 13.4. The first-order chi connectivity index (χ1) is 10.2. The van der Waals surface area contributed by atoms with Crippen LogP contribution in [0.1, 0.15) is 19.0 Å². The molecule has 3 rings (SSSR count). The first kappa shape index (κ1) is 14.2. The zero-order valence-electron chi connectivity index (χ0n) is 12.7. The maximum Gasteiger partial charge on any atom is 0.254 e. The Balaban J connectivity index is 1.78. The predicted octanol–water partition coefficient (Wildman–Crippen LogP) is 0.292. The van der Waals surface area contributed by atoms with Crippen LogP contribution in [0.2, 0.25) is 0 Å². The van der Waals surface area contributed by atoms with Crippen LogP contribution >= 0.6 is 0 Å². The topological polar surface area (TPSA) is 75.6 Å². The summed E-state index contributed by atoms with van der Waals surface area (Å²) in [6, 6.07) is 2.58. The number of aryl methyl sites for hydroxylation is 1. The van der Waals surface area contributed by atoms with Gasteiger partial charge in [0, 0.05) is 50.5 Å². The number of nitrogens with two attached hydrogens (primary N) is 1. The molecule has 0 aliphatic carbocycles. The van der Waals surface area contributed by atoms with Crippen LogP contribution in [0.5, 0.6) is 0 Å². The number of fused-ring (bicyclic) bond motifs is 1. The molecule has 0 aromatic carbocycles. The number of anilines is 1. The largest absolute Gasteiger partial charge is 0.354 e. The molecule has 2 aromatic heterocycles. The summed E-state index contributed by atoms with van der Waals surface area (Å²) in [7, 11) is 0. The predicted molar refractivity (Wildman–Crippen MR) is 82.4 cm³/mol. The van der Waals surface area contributed by atoms with Gasteiger partial charge in [-0.2, -0.15) is 14.6 Å². The molecule has 0 bridgehead atoms. The molecule has 1 aliphatic heterocycles. The lowest BCUT2D eigenvalue weighted by atomic mass is 10.1. The first-order valence-corrected chi connectivity index (χ1v) is 7.59. The van der Waals surface area contributed by atoms with E-state index in [1.807, 2.05) is 11.4 Å². The van der Waals surface area contributed by atoms with Crippen molar-refractivity contribution in [1.29, 1.82) is 0 Å². The Hall–Kier alpha value is -1.73. The second-order valence-corrected chi connectivity index (χ2v) is 5.55. The van der Waals surface area contributed by atoms with Crippen molar-refractivity contribution in [2.45, 2.75) is 26.3 Å². The number of hydrogen-bond acceptors (Lipinski definition) is 6. The summed E-state index contributed by atoms with van der Waals surface area (Å²) in [5, 5.41) is 4.29. The molecule has 7 heteroatoms. The summed E-state index contributed by atoms with van der Waals surface area (Å²) in [6.07, 6.45) is 2.67. The SMILES string of the molecule is CCC(CN)N1CCN(c2cc(C)nc3ncnn23)CC1. The van der Waals surface area contributed by atoms with E-state index >= 15 is 0 Å². The maximum atomic E-state index is 5.85. The third-order valence-corrected chi connectivity index (χ3v) is 4.26. The number of piperazine rings is 1. The lowest BCUT2D eigenvalue weighted by Gasteiger charge is -2.39. The van der Waals surface area contributed by atoms with Crippen molar-refractivity contribution >= 4 is 11.6 Å². The average molecular weight is 289 g/mol. The zero-order chi connectivity index (χ0) is 14.8. The van der Waals surface area contributed by atoms with E-state index in [0.717, 1.165) is 50.7 Å². The molecular formula is C14H23N7. The van der Waals surface area contributed by atoms with Gasteiger partial charge < -0.3 is 10.6 Å². The lowest BCUT2D eigenvalue weighted by Crippen LogP contribution is -2.52. The average Bonchev–Trinajstić information content (AvgIpc) is 2.96. The van der Waals surface area contributed by atoms with E-state index in [9.17, 15) is 0 Å². The molecular weight excluding hydrogens is 266 g/mol. The third-order valence-electron chi connectivity index (χ3n) is 4.26. The van der Waals surface area contributed by atoms with E-state index in [1.165, 1.54) is 0 Å².